The van der Waals surface area contributed by atoms with Crippen LogP contribution in [-0.4, -0.2) is 23.2 Å². The van der Waals surface area contributed by atoms with Crippen molar-refractivity contribution in [2.75, 3.05) is 0 Å². The van der Waals surface area contributed by atoms with Crippen molar-refractivity contribution in [1.29, 1.82) is 0 Å². The van der Waals surface area contributed by atoms with Crippen LogP contribution >= 0.6 is 11.8 Å². The minimum absolute atomic E-state index is 0.0609. The second-order valence-electron chi connectivity index (χ2n) is 6.17. The molecule has 5 heteroatoms. The molecule has 1 aromatic carbocycles. The van der Waals surface area contributed by atoms with Gasteiger partial charge in [-0.3, -0.25) is 9.79 Å². The maximum atomic E-state index is 12.1. The molecule has 0 radical (unpaired) electrons. The average molecular weight is 330 g/mol. The van der Waals surface area contributed by atoms with Gasteiger partial charge in [0.1, 0.15) is 5.75 Å². The first kappa shape index (κ1) is 16.1. The number of aliphatic imine (C=N–C) groups is 1. The van der Waals surface area contributed by atoms with E-state index in [1.807, 2.05) is 44.2 Å². The molecule has 4 nitrogen and oxygen atoms in total. The van der Waals surface area contributed by atoms with Crippen molar-refractivity contribution < 1.29 is 9.53 Å². The highest BCUT2D eigenvalue weighted by Gasteiger charge is 2.25. The average Bonchev–Trinajstić information content (AvgIpc) is 3.12. The van der Waals surface area contributed by atoms with Crippen molar-refractivity contribution in [3.05, 3.63) is 34.7 Å². The molecule has 1 saturated carbocycles. The van der Waals surface area contributed by atoms with Crippen LogP contribution in [0.25, 0.3) is 6.08 Å². The number of ether oxygens (including phenoxy) is 1. The molecule has 1 N–H and O–H groups in total. The summed E-state index contributed by atoms with van der Waals surface area (Å²) in [5.41, 5.74) is 0.987. The van der Waals surface area contributed by atoms with Gasteiger partial charge in [-0.1, -0.05) is 25.0 Å². The van der Waals surface area contributed by atoms with Gasteiger partial charge in [-0.05, 0) is 62.2 Å². The third-order valence-electron chi connectivity index (χ3n) is 3.83. The third kappa shape index (κ3) is 4.38. The van der Waals surface area contributed by atoms with Crippen LogP contribution in [0.3, 0.4) is 0 Å². The van der Waals surface area contributed by atoms with Crippen LogP contribution in [0.5, 0.6) is 5.75 Å². The Labute approximate surface area is 141 Å². The molecule has 1 amide bonds. The number of hydrogen-bond acceptors (Lipinski definition) is 4. The van der Waals surface area contributed by atoms with E-state index >= 15 is 0 Å². The normalized spacial score (nSPS) is 22.3. The second kappa shape index (κ2) is 7.21. The number of nitrogens with one attached hydrogen (secondary N) is 1. The molecule has 0 bridgehead atoms. The lowest BCUT2D eigenvalue weighted by Crippen LogP contribution is -2.21. The van der Waals surface area contributed by atoms with E-state index in [4.69, 9.17) is 4.74 Å². The van der Waals surface area contributed by atoms with Crippen molar-refractivity contribution in [2.24, 2.45) is 4.99 Å². The Bertz CT molecular complexity index is 629. The van der Waals surface area contributed by atoms with E-state index in [9.17, 15) is 4.79 Å². The zero-order valence-corrected chi connectivity index (χ0v) is 14.4. The quantitative estimate of drug-likeness (QED) is 0.850. The molecule has 1 aromatic rings. The smallest absolute Gasteiger partial charge is 0.264 e. The first-order valence-electron chi connectivity index (χ1n) is 8.15. The van der Waals surface area contributed by atoms with E-state index in [0.29, 0.717) is 10.9 Å². The van der Waals surface area contributed by atoms with Gasteiger partial charge in [0.2, 0.25) is 0 Å². The van der Waals surface area contributed by atoms with Gasteiger partial charge in [-0.15, -0.1) is 0 Å². The molecule has 1 aliphatic heterocycles. The second-order valence-corrected chi connectivity index (χ2v) is 7.20. The zero-order valence-electron chi connectivity index (χ0n) is 13.5. The van der Waals surface area contributed by atoms with Crippen molar-refractivity contribution in [3.8, 4) is 5.75 Å². The fourth-order valence-corrected chi connectivity index (χ4v) is 3.65. The van der Waals surface area contributed by atoms with E-state index in [0.717, 1.165) is 29.3 Å². The summed E-state index contributed by atoms with van der Waals surface area (Å²) in [6, 6.07) is 8.16. The number of nitrogens with zero attached hydrogens (tertiary/aromatic N) is 1. The lowest BCUT2D eigenvalue weighted by molar-refractivity contribution is -0.115. The number of amides is 1. The number of hydrogen-bond donors (Lipinski definition) is 1. The maximum Gasteiger partial charge on any atom is 0.264 e. The summed E-state index contributed by atoms with van der Waals surface area (Å²) in [4.78, 5) is 17.4. The Morgan fingerprint density at radius 3 is 2.61 bits per heavy atom. The SMILES string of the molecule is CC(C)Oc1ccc(/C=C2/SC(=NC3CCCC3)NC2=O)cc1. The molecule has 0 unspecified atom stereocenters. The standard InChI is InChI=1S/C18H22N2O2S/c1-12(2)22-15-9-7-13(8-10-15)11-16-17(21)20-18(23-16)19-14-5-3-4-6-14/h7-12,14H,3-6H2,1-2H3,(H,19,20,21)/b16-11+. The number of benzene rings is 1. The molecule has 0 spiro atoms. The molecule has 23 heavy (non-hydrogen) atoms. The Morgan fingerprint density at radius 1 is 1.26 bits per heavy atom. The van der Waals surface area contributed by atoms with E-state index in [1.165, 1.54) is 24.6 Å². The minimum atomic E-state index is -0.0609. The number of thioether (sulfide) groups is 1. The molecule has 1 heterocycles. The van der Waals surface area contributed by atoms with Crippen LogP contribution in [0.1, 0.15) is 45.1 Å². The summed E-state index contributed by atoms with van der Waals surface area (Å²) in [5.74, 6) is 0.781. The van der Waals surface area contributed by atoms with E-state index in [1.54, 1.807) is 0 Å². The topological polar surface area (TPSA) is 50.7 Å². The number of carbonyl (C=O) groups excluding carboxylic acids is 1. The predicted octanol–water partition coefficient (Wildman–Crippen LogP) is 3.98. The lowest BCUT2D eigenvalue weighted by Gasteiger charge is -2.09. The molecule has 3 rings (SSSR count). The van der Waals surface area contributed by atoms with Crippen molar-refractivity contribution >= 4 is 28.9 Å². The van der Waals surface area contributed by atoms with Gasteiger partial charge in [0.15, 0.2) is 5.17 Å². The van der Waals surface area contributed by atoms with Gasteiger partial charge in [-0.2, -0.15) is 0 Å². The lowest BCUT2D eigenvalue weighted by atomic mass is 10.2. The highest BCUT2D eigenvalue weighted by Crippen LogP contribution is 2.29. The first-order chi connectivity index (χ1) is 11.1. The summed E-state index contributed by atoms with van der Waals surface area (Å²) >= 11 is 1.43. The predicted molar refractivity (Wildman–Crippen MR) is 95.6 cm³/mol. The first-order valence-corrected chi connectivity index (χ1v) is 8.97. The molecule has 1 aliphatic carbocycles. The minimum Gasteiger partial charge on any atom is -0.491 e. The largest absolute Gasteiger partial charge is 0.491 e. The Balaban J connectivity index is 1.68. The Kier molecular flexibility index (Phi) is 5.06. The van der Waals surface area contributed by atoms with Gasteiger partial charge in [-0.25, -0.2) is 0 Å². The van der Waals surface area contributed by atoms with Gasteiger partial charge >= 0.3 is 0 Å². The van der Waals surface area contributed by atoms with E-state index < -0.39 is 0 Å². The number of amidine groups is 1. The molecule has 0 aromatic heterocycles. The molecular formula is C18H22N2O2S. The summed E-state index contributed by atoms with van der Waals surface area (Å²) in [5, 5.41) is 3.61. The van der Waals surface area contributed by atoms with Crippen LogP contribution in [-0.2, 0) is 4.79 Å². The number of rotatable bonds is 4. The van der Waals surface area contributed by atoms with E-state index in [2.05, 4.69) is 10.3 Å². The summed E-state index contributed by atoms with van der Waals surface area (Å²) in [6.45, 7) is 4.00. The molecule has 1 saturated heterocycles. The Hall–Kier alpha value is -1.75. The van der Waals surface area contributed by atoms with Crippen molar-refractivity contribution in [2.45, 2.75) is 51.7 Å². The van der Waals surface area contributed by atoms with Crippen LogP contribution < -0.4 is 10.1 Å². The van der Waals surface area contributed by atoms with Gasteiger partial charge < -0.3 is 10.1 Å². The molecule has 122 valence electrons. The maximum absolute atomic E-state index is 12.1. The summed E-state index contributed by atoms with van der Waals surface area (Å²) < 4.78 is 5.63. The summed E-state index contributed by atoms with van der Waals surface area (Å²) in [6.07, 6.45) is 6.81. The van der Waals surface area contributed by atoms with E-state index in [-0.39, 0.29) is 12.0 Å². The molecule has 2 aliphatic rings. The monoisotopic (exact) mass is 330 g/mol. The molecule has 0 atom stereocenters. The molecule has 2 fully saturated rings. The number of carbonyl (C=O) groups is 1. The van der Waals surface area contributed by atoms with Gasteiger partial charge in [0.05, 0.1) is 17.1 Å². The van der Waals surface area contributed by atoms with Gasteiger partial charge in [0.25, 0.3) is 5.91 Å². The van der Waals surface area contributed by atoms with Gasteiger partial charge in [0, 0.05) is 0 Å². The van der Waals surface area contributed by atoms with Crippen LogP contribution in [0.2, 0.25) is 0 Å². The van der Waals surface area contributed by atoms with Crippen molar-refractivity contribution in [3.63, 3.8) is 0 Å². The summed E-state index contributed by atoms with van der Waals surface area (Å²) in [7, 11) is 0. The highest BCUT2D eigenvalue weighted by molar-refractivity contribution is 8.18. The van der Waals surface area contributed by atoms with Crippen LogP contribution in [0.4, 0.5) is 0 Å². The highest BCUT2D eigenvalue weighted by atomic mass is 32.2. The molecular weight excluding hydrogens is 308 g/mol. The Morgan fingerprint density at radius 2 is 1.96 bits per heavy atom. The fraction of sp³-hybridized carbons (Fsp3) is 0.444. The van der Waals surface area contributed by atoms with Crippen LogP contribution in [0, 0.1) is 0 Å². The fourth-order valence-electron chi connectivity index (χ4n) is 2.75. The van der Waals surface area contributed by atoms with Crippen LogP contribution in [0.15, 0.2) is 34.2 Å². The zero-order chi connectivity index (χ0) is 16.2. The third-order valence-corrected chi connectivity index (χ3v) is 4.75. The van der Waals surface area contributed by atoms with Crippen molar-refractivity contribution in [1.82, 2.24) is 5.32 Å².